The molecule has 0 unspecified atom stereocenters. The van der Waals surface area contributed by atoms with Crippen molar-refractivity contribution in [3.8, 4) is 6.07 Å². The van der Waals surface area contributed by atoms with Gasteiger partial charge in [-0.2, -0.15) is 5.26 Å². The average Bonchev–Trinajstić information content (AvgIpc) is 2.46. The summed E-state index contributed by atoms with van der Waals surface area (Å²) in [6.45, 7) is 0. The first-order valence-electron chi connectivity index (χ1n) is 3.49. The lowest BCUT2D eigenvalue weighted by molar-refractivity contribution is 0.639. The molecular formula is C9H3BrFNS. The summed E-state index contributed by atoms with van der Waals surface area (Å²) in [6, 6.07) is 6.58. The summed E-state index contributed by atoms with van der Waals surface area (Å²) in [5.41, 5.74) is 0.361. The fourth-order valence-corrected chi connectivity index (χ4v) is 2.72. The number of nitrogens with zero attached hydrogens (tertiary/aromatic N) is 1. The molecule has 64 valence electrons. The van der Waals surface area contributed by atoms with Crippen molar-refractivity contribution in [2.24, 2.45) is 0 Å². The van der Waals surface area contributed by atoms with Gasteiger partial charge in [-0.05, 0) is 34.1 Å². The molecule has 1 aromatic carbocycles. The summed E-state index contributed by atoms with van der Waals surface area (Å²) in [6.07, 6.45) is 0. The van der Waals surface area contributed by atoms with Crippen molar-refractivity contribution in [2.75, 3.05) is 0 Å². The molecule has 1 nitrogen and oxygen atoms in total. The average molecular weight is 256 g/mol. The van der Waals surface area contributed by atoms with Gasteiger partial charge in [0.05, 0.1) is 15.4 Å². The van der Waals surface area contributed by atoms with Gasteiger partial charge < -0.3 is 0 Å². The normalized spacial score (nSPS) is 10.2. The van der Waals surface area contributed by atoms with E-state index in [1.54, 1.807) is 12.1 Å². The number of rotatable bonds is 0. The third-order valence-corrected chi connectivity index (χ3v) is 3.27. The smallest absolute Gasteiger partial charge is 0.133 e. The van der Waals surface area contributed by atoms with Crippen molar-refractivity contribution in [1.29, 1.82) is 5.26 Å². The lowest BCUT2D eigenvalue weighted by atomic mass is 10.2. The fourth-order valence-electron chi connectivity index (χ4n) is 1.13. The summed E-state index contributed by atoms with van der Waals surface area (Å²) in [5.74, 6) is -0.337. The molecule has 0 aliphatic heterocycles. The second-order valence-corrected chi connectivity index (χ2v) is 5.00. The van der Waals surface area contributed by atoms with Crippen LogP contribution < -0.4 is 0 Å². The Morgan fingerprint density at radius 3 is 2.85 bits per heavy atom. The number of hydrogen-bond donors (Lipinski definition) is 0. The Bertz CT molecular complexity index is 512. The maximum atomic E-state index is 13.3. The zero-order valence-electron chi connectivity index (χ0n) is 6.34. The molecule has 13 heavy (non-hydrogen) atoms. The van der Waals surface area contributed by atoms with Crippen LogP contribution in [0.2, 0.25) is 0 Å². The number of thiophene rings is 1. The first-order valence-corrected chi connectivity index (χ1v) is 5.10. The van der Waals surface area contributed by atoms with E-state index in [1.165, 1.54) is 17.4 Å². The van der Waals surface area contributed by atoms with Crippen molar-refractivity contribution in [3.05, 3.63) is 33.4 Å². The molecule has 0 atom stereocenters. The third-order valence-electron chi connectivity index (χ3n) is 1.69. The highest BCUT2D eigenvalue weighted by molar-refractivity contribution is 9.11. The van der Waals surface area contributed by atoms with Gasteiger partial charge in [-0.1, -0.05) is 0 Å². The minimum atomic E-state index is -0.337. The molecule has 0 aliphatic rings. The van der Waals surface area contributed by atoms with Crippen LogP contribution in [0.5, 0.6) is 0 Å². The first-order chi connectivity index (χ1) is 6.20. The number of halogens is 2. The Hall–Kier alpha value is -0.920. The van der Waals surface area contributed by atoms with Crippen LogP contribution in [0, 0.1) is 17.1 Å². The summed E-state index contributed by atoms with van der Waals surface area (Å²) in [7, 11) is 0. The molecule has 0 amide bonds. The molecule has 1 aromatic heterocycles. The van der Waals surface area contributed by atoms with Crippen LogP contribution in [0.4, 0.5) is 4.39 Å². The van der Waals surface area contributed by atoms with Crippen LogP contribution >= 0.6 is 27.3 Å². The lowest BCUT2D eigenvalue weighted by Gasteiger charge is -1.92. The van der Waals surface area contributed by atoms with Gasteiger partial charge in [0.15, 0.2) is 0 Å². The van der Waals surface area contributed by atoms with E-state index in [2.05, 4.69) is 15.9 Å². The third kappa shape index (κ3) is 1.45. The fraction of sp³-hybridized carbons (Fsp3) is 0. The van der Waals surface area contributed by atoms with E-state index in [1.807, 2.05) is 6.07 Å². The molecular weight excluding hydrogens is 253 g/mol. The second-order valence-electron chi connectivity index (χ2n) is 2.53. The monoisotopic (exact) mass is 255 g/mol. The van der Waals surface area contributed by atoms with Gasteiger partial charge in [-0.15, -0.1) is 11.3 Å². The number of fused-ring (bicyclic) bond motifs is 1. The zero-order chi connectivity index (χ0) is 9.42. The highest BCUT2D eigenvalue weighted by Gasteiger charge is 2.06. The van der Waals surface area contributed by atoms with Gasteiger partial charge in [0.1, 0.15) is 5.82 Å². The standard InChI is InChI=1S/C9H3BrFNS/c10-9-3-6-7(11)1-5(4-12)2-8(6)13-9/h1-3H. The minimum absolute atomic E-state index is 0.337. The molecule has 0 saturated heterocycles. The second kappa shape index (κ2) is 3.09. The number of hydrogen-bond acceptors (Lipinski definition) is 2. The molecule has 1 heterocycles. The molecule has 0 saturated carbocycles. The Morgan fingerprint density at radius 1 is 1.38 bits per heavy atom. The van der Waals surface area contributed by atoms with Crippen LogP contribution in [-0.2, 0) is 0 Å². The van der Waals surface area contributed by atoms with Gasteiger partial charge in [-0.25, -0.2) is 4.39 Å². The predicted molar refractivity (Wildman–Crippen MR) is 54.2 cm³/mol. The van der Waals surface area contributed by atoms with Crippen molar-refractivity contribution < 1.29 is 4.39 Å². The van der Waals surface area contributed by atoms with Crippen LogP contribution in [0.25, 0.3) is 10.1 Å². The molecule has 0 bridgehead atoms. The van der Waals surface area contributed by atoms with Gasteiger partial charge in [0.2, 0.25) is 0 Å². The van der Waals surface area contributed by atoms with E-state index < -0.39 is 0 Å². The van der Waals surface area contributed by atoms with Crippen LogP contribution in [0.1, 0.15) is 5.56 Å². The van der Waals surface area contributed by atoms with E-state index in [0.717, 1.165) is 8.49 Å². The van der Waals surface area contributed by atoms with E-state index in [4.69, 9.17) is 5.26 Å². The lowest BCUT2D eigenvalue weighted by Crippen LogP contribution is -1.78. The van der Waals surface area contributed by atoms with Crippen molar-refractivity contribution in [2.45, 2.75) is 0 Å². The molecule has 2 rings (SSSR count). The maximum absolute atomic E-state index is 13.3. The van der Waals surface area contributed by atoms with Gasteiger partial charge in [0, 0.05) is 10.1 Å². The quantitative estimate of drug-likeness (QED) is 0.705. The topological polar surface area (TPSA) is 23.8 Å². The van der Waals surface area contributed by atoms with Crippen molar-refractivity contribution >= 4 is 37.4 Å². The van der Waals surface area contributed by atoms with E-state index in [-0.39, 0.29) is 5.82 Å². The van der Waals surface area contributed by atoms with Crippen molar-refractivity contribution in [1.82, 2.24) is 0 Å². The van der Waals surface area contributed by atoms with Crippen LogP contribution in [-0.4, -0.2) is 0 Å². The van der Waals surface area contributed by atoms with E-state index >= 15 is 0 Å². The summed E-state index contributed by atoms with van der Waals surface area (Å²) in [4.78, 5) is 0. The van der Waals surface area contributed by atoms with Crippen LogP contribution in [0.3, 0.4) is 0 Å². The molecule has 0 N–H and O–H groups in total. The van der Waals surface area contributed by atoms with Crippen molar-refractivity contribution in [3.63, 3.8) is 0 Å². The molecule has 2 aromatic rings. The SMILES string of the molecule is N#Cc1cc(F)c2cc(Br)sc2c1. The first kappa shape index (κ1) is 8.67. The zero-order valence-corrected chi connectivity index (χ0v) is 8.75. The molecule has 4 heteroatoms. The van der Waals surface area contributed by atoms with Gasteiger partial charge in [0.25, 0.3) is 0 Å². The summed E-state index contributed by atoms with van der Waals surface area (Å²) >= 11 is 4.70. The minimum Gasteiger partial charge on any atom is -0.206 e. The summed E-state index contributed by atoms with van der Waals surface area (Å²) < 4.78 is 14.9. The Kier molecular flexibility index (Phi) is 2.06. The number of benzene rings is 1. The van der Waals surface area contributed by atoms with E-state index in [0.29, 0.717) is 10.9 Å². The molecule has 0 spiro atoms. The largest absolute Gasteiger partial charge is 0.206 e. The Morgan fingerprint density at radius 2 is 2.15 bits per heavy atom. The van der Waals surface area contributed by atoms with Gasteiger partial charge in [-0.3, -0.25) is 0 Å². The van der Waals surface area contributed by atoms with Crippen LogP contribution in [0.15, 0.2) is 22.0 Å². The molecule has 0 radical (unpaired) electrons. The van der Waals surface area contributed by atoms with Gasteiger partial charge >= 0.3 is 0 Å². The predicted octanol–water partition coefficient (Wildman–Crippen LogP) is 3.67. The molecule has 0 aliphatic carbocycles. The highest BCUT2D eigenvalue weighted by atomic mass is 79.9. The molecule has 0 fully saturated rings. The maximum Gasteiger partial charge on any atom is 0.133 e. The Labute approximate surface area is 86.5 Å². The number of nitriles is 1. The summed E-state index contributed by atoms with van der Waals surface area (Å²) in [5, 5.41) is 9.17. The highest BCUT2D eigenvalue weighted by Crippen LogP contribution is 2.32. The van der Waals surface area contributed by atoms with E-state index in [9.17, 15) is 4.39 Å². The Balaban J connectivity index is 2.85.